The highest BCUT2D eigenvalue weighted by Gasteiger charge is 2.38. The highest BCUT2D eigenvalue weighted by molar-refractivity contribution is 5.61. The minimum Gasteiger partial charge on any atom is -0.378 e. The summed E-state index contributed by atoms with van der Waals surface area (Å²) in [6.07, 6.45) is 6.58. The van der Waals surface area contributed by atoms with Gasteiger partial charge in [-0.1, -0.05) is 43.3 Å². The third-order valence-electron chi connectivity index (χ3n) is 5.28. The van der Waals surface area contributed by atoms with Crippen LogP contribution < -0.4 is 5.32 Å². The molecular formula is C20H20N2O2. The number of nitro groups is 1. The lowest BCUT2D eigenvalue weighted by atomic mass is 9.76. The summed E-state index contributed by atoms with van der Waals surface area (Å²) in [4.78, 5) is 10.8. The van der Waals surface area contributed by atoms with Crippen LogP contribution >= 0.6 is 0 Å². The molecule has 0 saturated carbocycles. The first-order valence-corrected chi connectivity index (χ1v) is 8.47. The molecule has 0 radical (unpaired) electrons. The van der Waals surface area contributed by atoms with E-state index in [-0.39, 0.29) is 16.7 Å². The van der Waals surface area contributed by atoms with Gasteiger partial charge in [0.1, 0.15) is 0 Å². The zero-order valence-electron chi connectivity index (χ0n) is 13.6. The number of hydrogen-bond acceptors (Lipinski definition) is 3. The molecule has 1 N–H and O–H groups in total. The molecule has 2 aliphatic rings. The first kappa shape index (κ1) is 14.9. The Balaban J connectivity index is 1.76. The molecule has 0 fully saturated rings. The van der Waals surface area contributed by atoms with Crippen LogP contribution in [-0.2, 0) is 6.42 Å². The van der Waals surface area contributed by atoms with E-state index in [1.807, 2.05) is 6.07 Å². The fourth-order valence-electron chi connectivity index (χ4n) is 4.03. The van der Waals surface area contributed by atoms with Crippen LogP contribution in [-0.4, -0.2) is 4.92 Å². The molecule has 1 aliphatic carbocycles. The zero-order chi connectivity index (χ0) is 16.7. The van der Waals surface area contributed by atoms with E-state index in [0.717, 1.165) is 24.1 Å². The van der Waals surface area contributed by atoms with E-state index in [1.165, 1.54) is 11.1 Å². The number of aryl methyl sites for hydroxylation is 1. The van der Waals surface area contributed by atoms with Crippen molar-refractivity contribution in [2.24, 2.45) is 5.92 Å². The number of nitrogens with one attached hydrogen (secondary N) is 1. The molecule has 0 spiro atoms. The molecule has 1 aliphatic heterocycles. The van der Waals surface area contributed by atoms with Gasteiger partial charge in [0.25, 0.3) is 5.69 Å². The van der Waals surface area contributed by atoms with E-state index in [2.05, 4.69) is 42.6 Å². The SMILES string of the molecule is CCc1ccc2c(c1)[C@@H]1C=CC[C@H]1[C@H](c1cccc([N+](=O)[O-])c1)N2. The Morgan fingerprint density at radius 3 is 2.92 bits per heavy atom. The van der Waals surface area contributed by atoms with Crippen molar-refractivity contribution in [1.82, 2.24) is 0 Å². The van der Waals surface area contributed by atoms with Gasteiger partial charge in [-0.15, -0.1) is 0 Å². The number of fused-ring (bicyclic) bond motifs is 3. The Kier molecular flexibility index (Phi) is 3.60. The van der Waals surface area contributed by atoms with Gasteiger partial charge >= 0.3 is 0 Å². The van der Waals surface area contributed by atoms with Crippen LogP contribution in [0, 0.1) is 16.0 Å². The molecule has 0 amide bonds. The number of anilines is 1. The number of allylic oxidation sites excluding steroid dienone is 2. The topological polar surface area (TPSA) is 55.2 Å². The molecule has 2 aromatic carbocycles. The number of nitro benzene ring substituents is 1. The van der Waals surface area contributed by atoms with Crippen LogP contribution in [0.4, 0.5) is 11.4 Å². The van der Waals surface area contributed by atoms with E-state index < -0.39 is 0 Å². The summed E-state index contributed by atoms with van der Waals surface area (Å²) in [5.74, 6) is 0.795. The molecule has 2 aromatic rings. The molecule has 0 aromatic heterocycles. The van der Waals surface area contributed by atoms with Crippen LogP contribution in [0.5, 0.6) is 0 Å². The molecule has 0 saturated heterocycles. The van der Waals surface area contributed by atoms with E-state index in [9.17, 15) is 10.1 Å². The predicted octanol–water partition coefficient (Wildman–Crippen LogP) is 4.98. The molecule has 24 heavy (non-hydrogen) atoms. The minimum atomic E-state index is -0.321. The standard InChI is InChI=1S/C20H20N2O2/c1-2-13-9-10-19-18(11-13)16-7-4-8-17(16)20(21-19)14-5-3-6-15(12-14)22(23)24/h3-7,9-12,16-17,20-21H,2,8H2,1H3/t16-,17-,20+/m1/s1. The summed E-state index contributed by atoms with van der Waals surface area (Å²) in [7, 11) is 0. The predicted molar refractivity (Wildman–Crippen MR) is 95.3 cm³/mol. The minimum absolute atomic E-state index is 0.102. The highest BCUT2D eigenvalue weighted by atomic mass is 16.6. The zero-order valence-corrected chi connectivity index (χ0v) is 13.6. The summed E-state index contributed by atoms with van der Waals surface area (Å²) in [6.45, 7) is 2.17. The average Bonchev–Trinajstić information content (AvgIpc) is 3.10. The summed E-state index contributed by atoms with van der Waals surface area (Å²) in [5.41, 5.74) is 5.01. The van der Waals surface area contributed by atoms with Gasteiger partial charge in [-0.25, -0.2) is 0 Å². The molecule has 4 heteroatoms. The van der Waals surface area contributed by atoms with Gasteiger partial charge in [-0.3, -0.25) is 10.1 Å². The second-order valence-corrected chi connectivity index (χ2v) is 6.60. The van der Waals surface area contributed by atoms with Crippen molar-refractivity contribution in [2.75, 3.05) is 5.32 Å². The van der Waals surface area contributed by atoms with Gasteiger partial charge in [0.05, 0.1) is 11.0 Å². The van der Waals surface area contributed by atoms with Crippen LogP contribution in [0.1, 0.15) is 42.0 Å². The van der Waals surface area contributed by atoms with Gasteiger partial charge in [0.15, 0.2) is 0 Å². The summed E-state index contributed by atoms with van der Waals surface area (Å²) in [5, 5.41) is 14.7. The lowest BCUT2D eigenvalue weighted by Crippen LogP contribution is -2.29. The van der Waals surface area contributed by atoms with Crippen molar-refractivity contribution in [3.8, 4) is 0 Å². The fourth-order valence-corrected chi connectivity index (χ4v) is 4.03. The third kappa shape index (κ3) is 2.39. The Morgan fingerprint density at radius 1 is 1.25 bits per heavy atom. The lowest BCUT2D eigenvalue weighted by molar-refractivity contribution is -0.384. The van der Waals surface area contributed by atoms with Crippen molar-refractivity contribution in [2.45, 2.75) is 31.7 Å². The Labute approximate surface area is 141 Å². The number of benzene rings is 2. The van der Waals surface area contributed by atoms with E-state index >= 15 is 0 Å². The summed E-state index contributed by atoms with van der Waals surface area (Å²) < 4.78 is 0. The Hall–Kier alpha value is -2.62. The van der Waals surface area contributed by atoms with Gasteiger partial charge in [-0.2, -0.15) is 0 Å². The lowest BCUT2D eigenvalue weighted by Gasteiger charge is -2.37. The molecule has 3 atom stereocenters. The van der Waals surface area contributed by atoms with Gasteiger partial charge in [-0.05, 0) is 41.5 Å². The normalized spacial score (nSPS) is 24.1. The molecular weight excluding hydrogens is 300 g/mol. The quantitative estimate of drug-likeness (QED) is 0.493. The molecule has 122 valence electrons. The van der Waals surface area contributed by atoms with Crippen molar-refractivity contribution < 1.29 is 4.92 Å². The molecule has 1 heterocycles. The maximum Gasteiger partial charge on any atom is 0.269 e. The van der Waals surface area contributed by atoms with Crippen molar-refractivity contribution >= 4 is 11.4 Å². The first-order chi connectivity index (χ1) is 11.7. The molecule has 4 nitrogen and oxygen atoms in total. The van der Waals surface area contributed by atoms with Gasteiger partial charge < -0.3 is 5.32 Å². The molecule has 4 rings (SSSR count). The van der Waals surface area contributed by atoms with Crippen molar-refractivity contribution in [3.05, 3.63) is 81.4 Å². The second-order valence-electron chi connectivity index (χ2n) is 6.60. The van der Waals surface area contributed by atoms with Crippen LogP contribution in [0.25, 0.3) is 0 Å². The van der Waals surface area contributed by atoms with Crippen molar-refractivity contribution in [3.63, 3.8) is 0 Å². The molecule has 0 unspecified atom stereocenters. The van der Waals surface area contributed by atoms with Crippen LogP contribution in [0.15, 0.2) is 54.6 Å². The van der Waals surface area contributed by atoms with E-state index in [0.29, 0.717) is 11.8 Å². The largest absolute Gasteiger partial charge is 0.378 e. The maximum atomic E-state index is 11.1. The van der Waals surface area contributed by atoms with Gasteiger partial charge in [0, 0.05) is 23.7 Å². The van der Waals surface area contributed by atoms with E-state index in [1.54, 1.807) is 18.2 Å². The third-order valence-corrected chi connectivity index (χ3v) is 5.28. The van der Waals surface area contributed by atoms with Crippen molar-refractivity contribution in [1.29, 1.82) is 0 Å². The Bertz CT molecular complexity index is 828. The van der Waals surface area contributed by atoms with Crippen LogP contribution in [0.3, 0.4) is 0 Å². The number of non-ortho nitro benzene ring substituents is 1. The summed E-state index contributed by atoms with van der Waals surface area (Å²) in [6, 6.07) is 13.8. The van der Waals surface area contributed by atoms with Crippen LogP contribution in [0.2, 0.25) is 0 Å². The average molecular weight is 320 g/mol. The highest BCUT2D eigenvalue weighted by Crippen LogP contribution is 2.50. The van der Waals surface area contributed by atoms with Gasteiger partial charge in [0.2, 0.25) is 0 Å². The van der Waals surface area contributed by atoms with E-state index in [4.69, 9.17) is 0 Å². The molecule has 0 bridgehead atoms. The maximum absolute atomic E-state index is 11.1. The smallest absolute Gasteiger partial charge is 0.269 e. The number of hydrogen-bond donors (Lipinski definition) is 1. The monoisotopic (exact) mass is 320 g/mol. The summed E-state index contributed by atoms with van der Waals surface area (Å²) >= 11 is 0. The number of nitrogens with zero attached hydrogens (tertiary/aromatic N) is 1. The second kappa shape index (κ2) is 5.78. The fraction of sp³-hybridized carbons (Fsp3) is 0.300. The Morgan fingerprint density at radius 2 is 2.12 bits per heavy atom. The first-order valence-electron chi connectivity index (χ1n) is 8.47. The number of rotatable bonds is 3.